The number of rotatable bonds is 2. The Hall–Kier alpha value is -1.80. The number of para-hydroxylation sites is 1. The van der Waals surface area contributed by atoms with E-state index in [1.807, 2.05) is 30.3 Å². The molecule has 0 saturated carbocycles. The van der Waals surface area contributed by atoms with E-state index in [2.05, 4.69) is 10.2 Å². The molecule has 2 aromatic rings. The average molecular weight is 277 g/mol. The quantitative estimate of drug-likeness (QED) is 0.679. The zero-order valence-electron chi connectivity index (χ0n) is 10.6. The fourth-order valence-corrected chi connectivity index (χ4v) is 2.16. The second-order valence-electron chi connectivity index (χ2n) is 4.70. The predicted molar refractivity (Wildman–Crippen MR) is 68.1 cm³/mol. The van der Waals surface area contributed by atoms with Crippen LogP contribution in [0.4, 0.5) is 0 Å². The maximum absolute atomic E-state index is 9.93. The van der Waals surface area contributed by atoms with E-state index >= 15 is 0 Å². The standard InChI is InChI=1S/C13H15N3O4/c17-10-7-20-13(12(19)11(10)18)9-6-14-16(15-9)8-4-2-1-3-5-8/h1-6,10-13,17-19H,7H2/t10-,11-,12+,13-/m1/s1. The average Bonchev–Trinajstić information content (AvgIpc) is 2.95. The van der Waals surface area contributed by atoms with Gasteiger partial charge in [0.1, 0.15) is 30.1 Å². The maximum atomic E-state index is 9.93. The topological polar surface area (TPSA) is 101 Å². The largest absolute Gasteiger partial charge is 0.388 e. The summed E-state index contributed by atoms with van der Waals surface area (Å²) in [6.45, 7) is -0.0545. The number of benzene rings is 1. The molecule has 1 aliphatic rings. The van der Waals surface area contributed by atoms with Crippen molar-refractivity contribution in [3.63, 3.8) is 0 Å². The molecule has 1 aromatic carbocycles. The van der Waals surface area contributed by atoms with E-state index in [-0.39, 0.29) is 6.61 Å². The maximum Gasteiger partial charge on any atom is 0.131 e. The lowest BCUT2D eigenvalue weighted by atomic mass is 9.98. The smallest absolute Gasteiger partial charge is 0.131 e. The molecule has 0 amide bonds. The van der Waals surface area contributed by atoms with Gasteiger partial charge in [0.15, 0.2) is 0 Å². The lowest BCUT2D eigenvalue weighted by molar-refractivity contribution is -0.190. The number of aromatic nitrogens is 3. The van der Waals surface area contributed by atoms with Gasteiger partial charge in [-0.2, -0.15) is 15.0 Å². The molecular weight excluding hydrogens is 262 g/mol. The summed E-state index contributed by atoms with van der Waals surface area (Å²) in [7, 11) is 0. The van der Waals surface area contributed by atoms with Gasteiger partial charge in [-0.1, -0.05) is 18.2 Å². The molecule has 0 unspecified atom stereocenters. The summed E-state index contributed by atoms with van der Waals surface area (Å²) in [5.74, 6) is 0. The Bertz CT molecular complexity index is 574. The first-order valence-electron chi connectivity index (χ1n) is 6.30. The van der Waals surface area contributed by atoms with Crippen molar-refractivity contribution in [1.29, 1.82) is 0 Å². The van der Waals surface area contributed by atoms with Crippen LogP contribution in [0.2, 0.25) is 0 Å². The van der Waals surface area contributed by atoms with Crippen molar-refractivity contribution in [2.45, 2.75) is 24.4 Å². The van der Waals surface area contributed by atoms with E-state index in [9.17, 15) is 15.3 Å². The van der Waals surface area contributed by atoms with E-state index < -0.39 is 24.4 Å². The van der Waals surface area contributed by atoms with Crippen LogP contribution in [0.5, 0.6) is 0 Å². The molecule has 1 aromatic heterocycles. The Morgan fingerprint density at radius 3 is 2.60 bits per heavy atom. The van der Waals surface area contributed by atoms with Crippen LogP contribution >= 0.6 is 0 Å². The van der Waals surface area contributed by atoms with Crippen molar-refractivity contribution in [1.82, 2.24) is 15.0 Å². The van der Waals surface area contributed by atoms with Gasteiger partial charge in [-0.15, -0.1) is 0 Å². The first-order valence-corrected chi connectivity index (χ1v) is 6.30. The highest BCUT2D eigenvalue weighted by molar-refractivity contribution is 5.28. The monoisotopic (exact) mass is 277 g/mol. The summed E-state index contributed by atoms with van der Waals surface area (Å²) >= 11 is 0. The Labute approximate surface area is 115 Å². The van der Waals surface area contributed by atoms with Crippen LogP contribution in [0.1, 0.15) is 11.8 Å². The molecule has 3 N–H and O–H groups in total. The number of aliphatic hydroxyl groups is 3. The number of hydrogen-bond acceptors (Lipinski definition) is 6. The highest BCUT2D eigenvalue weighted by atomic mass is 16.5. The molecule has 0 aliphatic carbocycles. The molecule has 4 atom stereocenters. The van der Waals surface area contributed by atoms with Crippen LogP contribution in [-0.2, 0) is 4.74 Å². The molecule has 3 rings (SSSR count). The second-order valence-corrected chi connectivity index (χ2v) is 4.70. The summed E-state index contributed by atoms with van der Waals surface area (Å²) in [5, 5.41) is 37.4. The van der Waals surface area contributed by atoms with Crippen LogP contribution in [0, 0.1) is 0 Å². The third-order valence-corrected chi connectivity index (χ3v) is 3.29. The van der Waals surface area contributed by atoms with Gasteiger partial charge in [-0.05, 0) is 12.1 Å². The second kappa shape index (κ2) is 5.29. The SMILES string of the molecule is O[C@H]1[C@H](O)[C@@H](c2cnn(-c3ccccc3)n2)OC[C@H]1O. The molecule has 7 heteroatoms. The molecule has 1 saturated heterocycles. The van der Waals surface area contributed by atoms with E-state index in [1.165, 1.54) is 11.0 Å². The number of aliphatic hydroxyl groups excluding tert-OH is 3. The molecule has 2 heterocycles. The minimum atomic E-state index is -1.25. The Morgan fingerprint density at radius 1 is 1.10 bits per heavy atom. The van der Waals surface area contributed by atoms with Gasteiger partial charge in [0.25, 0.3) is 0 Å². The number of nitrogens with zero attached hydrogens (tertiary/aromatic N) is 3. The molecule has 20 heavy (non-hydrogen) atoms. The normalized spacial score (nSPS) is 30.4. The summed E-state index contributed by atoms with van der Waals surface area (Å²) in [6.07, 6.45) is -2.91. The minimum Gasteiger partial charge on any atom is -0.388 e. The summed E-state index contributed by atoms with van der Waals surface area (Å²) in [4.78, 5) is 1.42. The zero-order chi connectivity index (χ0) is 14.1. The summed E-state index contributed by atoms with van der Waals surface area (Å²) in [5.41, 5.74) is 1.19. The molecule has 1 fully saturated rings. The highest BCUT2D eigenvalue weighted by Gasteiger charge is 2.39. The fourth-order valence-electron chi connectivity index (χ4n) is 2.16. The summed E-state index contributed by atoms with van der Waals surface area (Å²) < 4.78 is 5.33. The van der Waals surface area contributed by atoms with E-state index in [4.69, 9.17) is 4.74 Å². The lowest BCUT2D eigenvalue weighted by Crippen LogP contribution is -2.49. The number of ether oxygens (including phenoxy) is 1. The Kier molecular flexibility index (Phi) is 3.49. The molecule has 0 spiro atoms. The van der Waals surface area contributed by atoms with Crippen molar-refractivity contribution < 1.29 is 20.1 Å². The molecule has 7 nitrogen and oxygen atoms in total. The van der Waals surface area contributed by atoms with E-state index in [0.29, 0.717) is 5.69 Å². The molecular formula is C13H15N3O4. The molecule has 106 valence electrons. The van der Waals surface area contributed by atoms with Gasteiger partial charge in [-0.3, -0.25) is 0 Å². The van der Waals surface area contributed by atoms with Gasteiger partial charge in [-0.25, -0.2) is 0 Å². The van der Waals surface area contributed by atoms with Gasteiger partial charge in [0.05, 0.1) is 18.5 Å². The van der Waals surface area contributed by atoms with Crippen LogP contribution in [-0.4, -0.2) is 55.2 Å². The third kappa shape index (κ3) is 2.32. The van der Waals surface area contributed by atoms with Gasteiger partial charge in [0, 0.05) is 0 Å². The van der Waals surface area contributed by atoms with Gasteiger partial charge >= 0.3 is 0 Å². The predicted octanol–water partition coefficient (Wildman–Crippen LogP) is -0.579. The third-order valence-electron chi connectivity index (χ3n) is 3.29. The first-order chi connectivity index (χ1) is 9.66. The van der Waals surface area contributed by atoms with Crippen molar-refractivity contribution in [3.05, 3.63) is 42.2 Å². The molecule has 0 bridgehead atoms. The number of hydrogen-bond donors (Lipinski definition) is 3. The van der Waals surface area contributed by atoms with E-state index in [1.54, 1.807) is 0 Å². The van der Waals surface area contributed by atoms with Crippen molar-refractivity contribution in [2.75, 3.05) is 6.61 Å². The van der Waals surface area contributed by atoms with Crippen LogP contribution in [0.25, 0.3) is 5.69 Å². The fraction of sp³-hybridized carbons (Fsp3) is 0.385. The van der Waals surface area contributed by atoms with Crippen LogP contribution in [0.3, 0.4) is 0 Å². The lowest BCUT2D eigenvalue weighted by Gasteiger charge is -2.34. The Balaban J connectivity index is 1.84. The van der Waals surface area contributed by atoms with Crippen molar-refractivity contribution in [2.24, 2.45) is 0 Å². The van der Waals surface area contributed by atoms with Gasteiger partial charge in [0.2, 0.25) is 0 Å². The van der Waals surface area contributed by atoms with E-state index in [0.717, 1.165) is 5.69 Å². The van der Waals surface area contributed by atoms with Crippen molar-refractivity contribution >= 4 is 0 Å². The molecule has 0 radical (unpaired) electrons. The van der Waals surface area contributed by atoms with Crippen LogP contribution < -0.4 is 0 Å². The molecule has 1 aliphatic heterocycles. The van der Waals surface area contributed by atoms with Crippen LogP contribution in [0.15, 0.2) is 36.5 Å². The minimum absolute atomic E-state index is 0.0545. The van der Waals surface area contributed by atoms with Gasteiger partial charge < -0.3 is 20.1 Å². The van der Waals surface area contributed by atoms with Crippen molar-refractivity contribution in [3.8, 4) is 5.69 Å². The Morgan fingerprint density at radius 2 is 1.85 bits per heavy atom. The summed E-state index contributed by atoms with van der Waals surface area (Å²) in [6, 6.07) is 9.32. The first kappa shape index (κ1) is 13.2. The zero-order valence-corrected chi connectivity index (χ0v) is 10.6. The highest BCUT2D eigenvalue weighted by Crippen LogP contribution is 2.27.